The zero-order valence-corrected chi connectivity index (χ0v) is 19.3. The minimum atomic E-state index is -0.313. The number of carbonyl (C=O) groups is 2. The highest BCUT2D eigenvalue weighted by Crippen LogP contribution is 2.38. The molecule has 5 nitrogen and oxygen atoms in total. The zero-order valence-electron chi connectivity index (χ0n) is 18.6. The number of allylic oxidation sites excluding steroid dienone is 1. The summed E-state index contributed by atoms with van der Waals surface area (Å²) in [4.78, 5) is 30.7. The van der Waals surface area contributed by atoms with Crippen LogP contribution < -0.4 is 10.6 Å². The van der Waals surface area contributed by atoms with Crippen molar-refractivity contribution in [2.75, 3.05) is 12.4 Å². The molecule has 34 heavy (non-hydrogen) atoms. The second-order valence-corrected chi connectivity index (χ2v) is 8.55. The SMILES string of the molecule is CNC(=O)c1cc(NC(=O)c2c3c(nc4ccccc24)/C(=C\c2ccccc2)CC3)ccc1Cl. The molecule has 3 aromatic carbocycles. The molecule has 2 amide bonds. The van der Waals surface area contributed by atoms with Gasteiger partial charge in [0.15, 0.2) is 0 Å². The third-order valence-electron chi connectivity index (χ3n) is 6.01. The van der Waals surface area contributed by atoms with Gasteiger partial charge in [-0.2, -0.15) is 0 Å². The van der Waals surface area contributed by atoms with Gasteiger partial charge in [0, 0.05) is 18.1 Å². The molecule has 0 unspecified atom stereocenters. The van der Waals surface area contributed by atoms with Crippen LogP contribution in [0.3, 0.4) is 0 Å². The Morgan fingerprint density at radius 3 is 2.50 bits per heavy atom. The Bertz CT molecular complexity index is 1460. The number of fused-ring (bicyclic) bond motifs is 2. The van der Waals surface area contributed by atoms with Crippen molar-refractivity contribution in [3.63, 3.8) is 0 Å². The molecule has 2 N–H and O–H groups in total. The second-order valence-electron chi connectivity index (χ2n) is 8.14. The minimum absolute atomic E-state index is 0.235. The number of para-hydroxylation sites is 1. The first kappa shape index (κ1) is 21.9. The fourth-order valence-electron chi connectivity index (χ4n) is 4.39. The molecular formula is C28H22ClN3O2. The Morgan fingerprint density at radius 1 is 0.941 bits per heavy atom. The van der Waals surface area contributed by atoms with E-state index >= 15 is 0 Å². The Morgan fingerprint density at radius 2 is 1.71 bits per heavy atom. The summed E-state index contributed by atoms with van der Waals surface area (Å²) in [6.45, 7) is 0. The van der Waals surface area contributed by atoms with Crippen molar-refractivity contribution in [1.29, 1.82) is 0 Å². The minimum Gasteiger partial charge on any atom is -0.355 e. The van der Waals surface area contributed by atoms with E-state index in [0.29, 0.717) is 21.8 Å². The van der Waals surface area contributed by atoms with Gasteiger partial charge < -0.3 is 10.6 Å². The van der Waals surface area contributed by atoms with Crippen LogP contribution in [0.25, 0.3) is 22.6 Å². The van der Waals surface area contributed by atoms with E-state index in [2.05, 4.69) is 28.8 Å². The molecule has 0 bridgehead atoms. The van der Waals surface area contributed by atoms with Gasteiger partial charge in [-0.25, -0.2) is 4.98 Å². The van der Waals surface area contributed by atoms with Crippen molar-refractivity contribution in [2.45, 2.75) is 12.8 Å². The van der Waals surface area contributed by atoms with Gasteiger partial charge in [-0.3, -0.25) is 9.59 Å². The van der Waals surface area contributed by atoms with E-state index in [9.17, 15) is 9.59 Å². The first-order valence-electron chi connectivity index (χ1n) is 11.1. The van der Waals surface area contributed by atoms with Gasteiger partial charge in [-0.05, 0) is 59.9 Å². The van der Waals surface area contributed by atoms with Gasteiger partial charge in [-0.15, -0.1) is 0 Å². The summed E-state index contributed by atoms with van der Waals surface area (Å²) in [5.41, 5.74) is 6.24. The van der Waals surface area contributed by atoms with Gasteiger partial charge in [0.25, 0.3) is 11.8 Å². The van der Waals surface area contributed by atoms with Crippen molar-refractivity contribution in [1.82, 2.24) is 10.3 Å². The summed E-state index contributed by atoms with van der Waals surface area (Å²) in [6, 6.07) is 22.7. The molecule has 0 radical (unpaired) electrons. The lowest BCUT2D eigenvalue weighted by Crippen LogP contribution is -2.19. The van der Waals surface area contributed by atoms with Crippen molar-refractivity contribution in [2.24, 2.45) is 0 Å². The number of amides is 2. The molecule has 1 aromatic heterocycles. The van der Waals surface area contributed by atoms with Crippen molar-refractivity contribution in [3.8, 4) is 0 Å². The molecule has 0 aliphatic heterocycles. The van der Waals surface area contributed by atoms with Crippen LogP contribution in [0.2, 0.25) is 5.02 Å². The van der Waals surface area contributed by atoms with Crippen LogP contribution in [0.4, 0.5) is 5.69 Å². The smallest absolute Gasteiger partial charge is 0.256 e. The highest BCUT2D eigenvalue weighted by Gasteiger charge is 2.27. The number of nitrogens with zero attached hydrogens (tertiary/aromatic N) is 1. The summed E-state index contributed by atoms with van der Waals surface area (Å²) in [5, 5.41) is 6.66. The number of nitrogens with one attached hydrogen (secondary N) is 2. The van der Waals surface area contributed by atoms with Crippen molar-refractivity contribution in [3.05, 3.63) is 106 Å². The number of rotatable bonds is 4. The van der Waals surface area contributed by atoms with E-state index in [1.165, 1.54) is 7.05 Å². The summed E-state index contributed by atoms with van der Waals surface area (Å²) in [7, 11) is 1.54. The van der Waals surface area contributed by atoms with Crippen LogP contribution in [-0.2, 0) is 6.42 Å². The Balaban J connectivity index is 1.59. The fourth-order valence-corrected chi connectivity index (χ4v) is 4.60. The number of anilines is 1. The maximum absolute atomic E-state index is 13.6. The molecule has 0 spiro atoms. The Hall–Kier alpha value is -3.96. The molecule has 4 aromatic rings. The molecule has 0 atom stereocenters. The first-order valence-corrected chi connectivity index (χ1v) is 11.4. The van der Waals surface area contributed by atoms with Crippen LogP contribution in [0, 0.1) is 0 Å². The number of hydrogen-bond acceptors (Lipinski definition) is 3. The molecule has 0 saturated carbocycles. The highest BCUT2D eigenvalue weighted by atomic mass is 35.5. The summed E-state index contributed by atoms with van der Waals surface area (Å²) in [5.74, 6) is -0.548. The van der Waals surface area contributed by atoms with E-state index in [1.54, 1.807) is 18.2 Å². The molecule has 1 aliphatic carbocycles. The molecule has 6 heteroatoms. The maximum Gasteiger partial charge on any atom is 0.256 e. The topological polar surface area (TPSA) is 71.1 Å². The third-order valence-corrected chi connectivity index (χ3v) is 6.33. The number of aromatic nitrogens is 1. The maximum atomic E-state index is 13.6. The molecule has 168 valence electrons. The quantitative estimate of drug-likeness (QED) is 0.387. The average molecular weight is 468 g/mol. The Labute approximate surface area is 202 Å². The van der Waals surface area contributed by atoms with E-state index in [0.717, 1.165) is 46.1 Å². The molecular weight excluding hydrogens is 446 g/mol. The van der Waals surface area contributed by atoms with Crippen LogP contribution in [0.1, 0.15) is 44.0 Å². The fraction of sp³-hybridized carbons (Fsp3) is 0.107. The monoisotopic (exact) mass is 467 g/mol. The lowest BCUT2D eigenvalue weighted by atomic mass is 9.99. The third kappa shape index (κ3) is 4.06. The van der Waals surface area contributed by atoms with Gasteiger partial charge in [-0.1, -0.05) is 60.1 Å². The highest BCUT2D eigenvalue weighted by molar-refractivity contribution is 6.34. The first-order chi connectivity index (χ1) is 16.5. The predicted octanol–water partition coefficient (Wildman–Crippen LogP) is 5.99. The molecule has 5 rings (SSSR count). The molecule has 1 heterocycles. The Kier molecular flexibility index (Phi) is 5.86. The zero-order chi connectivity index (χ0) is 23.7. The molecule has 0 fully saturated rings. The van der Waals surface area contributed by atoms with Crippen molar-refractivity contribution < 1.29 is 9.59 Å². The average Bonchev–Trinajstić information content (AvgIpc) is 3.25. The van der Waals surface area contributed by atoms with Crippen molar-refractivity contribution >= 4 is 51.7 Å². The van der Waals surface area contributed by atoms with E-state index in [-0.39, 0.29) is 11.8 Å². The van der Waals surface area contributed by atoms with Gasteiger partial charge in [0.05, 0.1) is 27.4 Å². The van der Waals surface area contributed by atoms with Crippen LogP contribution in [0.15, 0.2) is 72.8 Å². The van der Waals surface area contributed by atoms with E-state index in [1.807, 2.05) is 42.5 Å². The summed E-state index contributed by atoms with van der Waals surface area (Å²) < 4.78 is 0. The summed E-state index contributed by atoms with van der Waals surface area (Å²) in [6.07, 6.45) is 3.69. The van der Waals surface area contributed by atoms with E-state index < -0.39 is 0 Å². The largest absolute Gasteiger partial charge is 0.355 e. The predicted molar refractivity (Wildman–Crippen MR) is 137 cm³/mol. The number of carbonyl (C=O) groups excluding carboxylic acids is 2. The van der Waals surface area contributed by atoms with Crippen LogP contribution >= 0.6 is 11.6 Å². The van der Waals surface area contributed by atoms with Crippen LogP contribution in [-0.4, -0.2) is 23.8 Å². The van der Waals surface area contributed by atoms with Gasteiger partial charge in [0.1, 0.15) is 0 Å². The normalized spacial score (nSPS) is 13.6. The molecule has 0 saturated heterocycles. The van der Waals surface area contributed by atoms with Crippen LogP contribution in [0.5, 0.6) is 0 Å². The van der Waals surface area contributed by atoms with E-state index in [4.69, 9.17) is 16.6 Å². The van der Waals surface area contributed by atoms with Gasteiger partial charge >= 0.3 is 0 Å². The number of benzene rings is 3. The number of pyridine rings is 1. The summed E-state index contributed by atoms with van der Waals surface area (Å²) >= 11 is 6.17. The number of halogens is 1. The lowest BCUT2D eigenvalue weighted by molar-refractivity contribution is 0.0961. The van der Waals surface area contributed by atoms with Gasteiger partial charge in [0.2, 0.25) is 0 Å². The standard InChI is InChI=1S/C28H22ClN3O2/c1-30-27(33)22-16-19(12-14-23(22)29)31-28(34)25-20-9-5-6-10-24(20)32-26-18(11-13-21(25)26)15-17-7-3-2-4-8-17/h2-10,12,14-16H,11,13H2,1H3,(H,30,33)(H,31,34)/b18-15-. The molecule has 1 aliphatic rings. The second kappa shape index (κ2) is 9.12. The number of hydrogen-bond donors (Lipinski definition) is 2. The lowest BCUT2D eigenvalue weighted by Gasteiger charge is -2.14.